The molecule has 6 nitrogen and oxygen atoms in total. The average Bonchev–Trinajstić information content (AvgIpc) is 3.43. The quantitative estimate of drug-likeness (QED) is 0.205. The van der Waals surface area contributed by atoms with E-state index in [-0.39, 0.29) is 0 Å². The smallest absolute Gasteiger partial charge is 0.171 e. The lowest BCUT2D eigenvalue weighted by Crippen LogP contribution is -2.16. The predicted molar refractivity (Wildman–Crippen MR) is 148 cm³/mol. The van der Waals surface area contributed by atoms with Gasteiger partial charge in [-0.3, -0.25) is 0 Å². The molecule has 2 atom stereocenters. The summed E-state index contributed by atoms with van der Waals surface area (Å²) < 4.78 is 5.13. The predicted octanol–water partition coefficient (Wildman–Crippen LogP) is 8.63. The lowest BCUT2D eigenvalue weighted by Gasteiger charge is -2.28. The molecular formula is C25H28Br2Cl2N6. The molecule has 0 N–H and O–H groups in total. The highest BCUT2D eigenvalue weighted by Gasteiger charge is 2.25. The van der Waals surface area contributed by atoms with Crippen LogP contribution < -0.4 is 0 Å². The molecule has 4 aromatic rings. The zero-order valence-electron chi connectivity index (χ0n) is 19.6. The highest BCUT2D eigenvalue weighted by Crippen LogP contribution is 2.38. The number of rotatable bonds is 2. The zero-order valence-corrected chi connectivity index (χ0v) is 24.3. The van der Waals surface area contributed by atoms with Crippen LogP contribution in [0.5, 0.6) is 0 Å². The second-order valence-corrected chi connectivity index (χ2v) is 12.1. The van der Waals surface area contributed by atoms with Gasteiger partial charge in [-0.2, -0.15) is 10.2 Å². The molecule has 2 fully saturated rings. The lowest BCUT2D eigenvalue weighted by molar-refractivity contribution is 0.325. The van der Waals surface area contributed by atoms with E-state index in [1.165, 1.54) is 57.8 Å². The molecule has 0 aliphatic heterocycles. The Morgan fingerprint density at radius 2 is 1.26 bits per heavy atom. The van der Waals surface area contributed by atoms with Gasteiger partial charge in [0.25, 0.3) is 0 Å². The first-order chi connectivity index (χ1) is 16.9. The second kappa shape index (κ2) is 11.0. The van der Waals surface area contributed by atoms with Crippen LogP contribution in [0.4, 0.5) is 0 Å². The van der Waals surface area contributed by atoms with E-state index >= 15 is 0 Å². The van der Waals surface area contributed by atoms with Crippen LogP contribution in [0.3, 0.4) is 0 Å². The number of fused-ring (bicyclic) bond motifs is 2. The summed E-state index contributed by atoms with van der Waals surface area (Å²) in [4.78, 5) is 9.43. The number of hydrogen-bond donors (Lipinski definition) is 0. The van der Waals surface area contributed by atoms with Gasteiger partial charge in [0.05, 0.1) is 21.3 Å². The molecule has 4 aromatic heterocycles. The SMILES string of the molecule is CC1CCCCC1c1cc(Cl)n2ncc(Br)c2n1.Clc1cc(C2CCCCC2)nc2c(Br)cnn12. The van der Waals surface area contributed by atoms with Crippen LogP contribution in [-0.4, -0.2) is 29.2 Å². The molecule has 10 heteroatoms. The molecule has 6 rings (SSSR count). The Balaban J connectivity index is 0.000000145. The van der Waals surface area contributed by atoms with Crippen LogP contribution in [0.25, 0.3) is 11.3 Å². The third-order valence-corrected chi connectivity index (χ3v) is 8.98. The summed E-state index contributed by atoms with van der Waals surface area (Å²) in [7, 11) is 0. The van der Waals surface area contributed by atoms with Gasteiger partial charge in [0.15, 0.2) is 11.3 Å². The number of aromatic nitrogens is 6. The number of halogens is 4. The first-order valence-electron chi connectivity index (χ1n) is 12.3. The van der Waals surface area contributed by atoms with E-state index in [9.17, 15) is 0 Å². The van der Waals surface area contributed by atoms with Crippen LogP contribution in [-0.2, 0) is 0 Å². The van der Waals surface area contributed by atoms with Gasteiger partial charge >= 0.3 is 0 Å². The summed E-state index contributed by atoms with van der Waals surface area (Å²) in [6.07, 6.45) is 15.0. The van der Waals surface area contributed by atoms with Gasteiger partial charge in [-0.25, -0.2) is 19.0 Å². The Bertz CT molecular complexity index is 1330. The minimum absolute atomic E-state index is 0.531. The van der Waals surface area contributed by atoms with Gasteiger partial charge in [0, 0.05) is 23.2 Å². The van der Waals surface area contributed by atoms with Crippen molar-refractivity contribution in [1.29, 1.82) is 0 Å². The topological polar surface area (TPSA) is 60.4 Å². The van der Waals surface area contributed by atoms with Gasteiger partial charge in [0.1, 0.15) is 10.3 Å². The summed E-state index contributed by atoms with van der Waals surface area (Å²) in [6.45, 7) is 2.31. The maximum Gasteiger partial charge on any atom is 0.171 e. The molecule has 2 aliphatic rings. The van der Waals surface area contributed by atoms with E-state index in [0.717, 1.165) is 31.6 Å². The molecule has 2 unspecified atom stereocenters. The van der Waals surface area contributed by atoms with E-state index < -0.39 is 0 Å². The van der Waals surface area contributed by atoms with Crippen molar-refractivity contribution in [2.24, 2.45) is 5.92 Å². The fraction of sp³-hybridized carbons (Fsp3) is 0.520. The van der Waals surface area contributed by atoms with Crippen molar-refractivity contribution in [3.8, 4) is 0 Å². The Morgan fingerprint density at radius 1 is 0.743 bits per heavy atom. The van der Waals surface area contributed by atoms with E-state index in [2.05, 4.69) is 54.0 Å². The minimum Gasteiger partial charge on any atom is -0.232 e. The molecule has 0 spiro atoms. The van der Waals surface area contributed by atoms with E-state index in [1.54, 1.807) is 21.4 Å². The van der Waals surface area contributed by atoms with Crippen molar-refractivity contribution in [3.63, 3.8) is 0 Å². The van der Waals surface area contributed by atoms with E-state index in [4.69, 9.17) is 28.2 Å². The minimum atomic E-state index is 0.531. The van der Waals surface area contributed by atoms with E-state index in [1.807, 2.05) is 12.1 Å². The summed E-state index contributed by atoms with van der Waals surface area (Å²) in [5.41, 5.74) is 3.86. The van der Waals surface area contributed by atoms with Crippen molar-refractivity contribution in [1.82, 2.24) is 29.2 Å². The molecule has 0 aromatic carbocycles. The third kappa shape index (κ3) is 5.41. The molecule has 2 aliphatic carbocycles. The molecule has 0 bridgehead atoms. The summed E-state index contributed by atoms with van der Waals surface area (Å²) >= 11 is 19.4. The fourth-order valence-electron chi connectivity index (χ4n) is 5.39. The Kier molecular flexibility index (Phi) is 8.02. The number of nitrogens with zero attached hydrogens (tertiary/aromatic N) is 6. The molecule has 0 radical (unpaired) electrons. The van der Waals surface area contributed by atoms with Crippen molar-refractivity contribution < 1.29 is 0 Å². The Morgan fingerprint density at radius 3 is 1.86 bits per heavy atom. The maximum atomic E-state index is 6.28. The molecule has 2 saturated carbocycles. The highest BCUT2D eigenvalue weighted by molar-refractivity contribution is 9.11. The Hall–Kier alpha value is -1.22. The highest BCUT2D eigenvalue weighted by atomic mass is 79.9. The number of hydrogen-bond acceptors (Lipinski definition) is 4. The van der Waals surface area contributed by atoms with Crippen LogP contribution >= 0.6 is 55.1 Å². The molecule has 186 valence electrons. The maximum absolute atomic E-state index is 6.28. The van der Waals surface area contributed by atoms with Gasteiger partial charge in [-0.1, -0.05) is 68.7 Å². The summed E-state index contributed by atoms with van der Waals surface area (Å²) in [5.74, 6) is 1.78. The lowest BCUT2D eigenvalue weighted by atomic mass is 9.78. The van der Waals surface area contributed by atoms with Crippen LogP contribution in [0.2, 0.25) is 10.3 Å². The largest absolute Gasteiger partial charge is 0.232 e. The summed E-state index contributed by atoms with van der Waals surface area (Å²) in [6, 6.07) is 3.93. The molecule has 4 heterocycles. The normalized spacial score (nSPS) is 21.3. The van der Waals surface area contributed by atoms with Gasteiger partial charge in [-0.15, -0.1) is 0 Å². The third-order valence-electron chi connectivity index (χ3n) is 7.33. The Labute approximate surface area is 232 Å². The monoisotopic (exact) mass is 640 g/mol. The van der Waals surface area contributed by atoms with Crippen LogP contribution in [0.15, 0.2) is 33.5 Å². The van der Waals surface area contributed by atoms with Crippen molar-refractivity contribution in [3.05, 3.63) is 55.2 Å². The first kappa shape index (κ1) is 25.4. The fourth-order valence-corrected chi connectivity index (χ4v) is 6.55. The van der Waals surface area contributed by atoms with Gasteiger partial charge in [0.2, 0.25) is 0 Å². The average molecular weight is 643 g/mol. The molecular weight excluding hydrogens is 615 g/mol. The molecule has 0 saturated heterocycles. The van der Waals surface area contributed by atoms with Crippen molar-refractivity contribution in [2.45, 2.75) is 76.5 Å². The first-order valence-corrected chi connectivity index (χ1v) is 14.7. The van der Waals surface area contributed by atoms with E-state index in [0.29, 0.717) is 28.1 Å². The zero-order chi connectivity index (χ0) is 24.5. The summed E-state index contributed by atoms with van der Waals surface area (Å²) in [5, 5.41) is 9.66. The van der Waals surface area contributed by atoms with Gasteiger partial charge < -0.3 is 0 Å². The van der Waals surface area contributed by atoms with Crippen LogP contribution in [0, 0.1) is 5.92 Å². The second-order valence-electron chi connectivity index (χ2n) is 9.67. The van der Waals surface area contributed by atoms with Gasteiger partial charge in [-0.05, 0) is 69.2 Å². The van der Waals surface area contributed by atoms with Crippen LogP contribution in [0.1, 0.15) is 87.9 Å². The molecule has 0 amide bonds. The van der Waals surface area contributed by atoms with Crippen molar-refractivity contribution in [2.75, 3.05) is 0 Å². The molecule has 35 heavy (non-hydrogen) atoms. The standard InChI is InChI=1S/C13H15BrClN3.C12H13BrClN3/c1-8-4-2-3-5-9(8)11-6-12(15)18-13(17-11)10(14)7-16-18;13-9-7-15-17-11(14)6-10(16-12(9)17)8-4-2-1-3-5-8/h6-9H,2-5H2,1H3;6-8H,1-5H2. The van der Waals surface area contributed by atoms with Crippen molar-refractivity contribution >= 4 is 66.4 Å².